The Hall–Kier alpha value is -1.26. The van der Waals surface area contributed by atoms with Gasteiger partial charge in [0.15, 0.2) is 16.6 Å². The lowest BCUT2D eigenvalue weighted by molar-refractivity contribution is 0.217. The second-order valence-corrected chi connectivity index (χ2v) is 24.1. The van der Waals surface area contributed by atoms with Crippen LogP contribution in [-0.4, -0.2) is 27.7 Å². The van der Waals surface area contributed by atoms with E-state index in [4.69, 9.17) is 13.3 Å². The van der Waals surface area contributed by atoms with Crippen LogP contribution < -0.4 is 0 Å². The van der Waals surface area contributed by atoms with Gasteiger partial charge in [-0.1, -0.05) is 53.2 Å². The topological polar surface area (TPSA) is 44.5 Å². The molecule has 2 aromatic rings. The molecule has 0 unspecified atom stereocenters. The Balaban J connectivity index is 2.12. The van der Waals surface area contributed by atoms with E-state index in [1.165, 1.54) is 11.1 Å². The lowest BCUT2D eigenvalue weighted by Gasteiger charge is -2.39. The predicted octanol–water partition coefficient (Wildman–Crippen LogP) is 9.94. The Bertz CT molecular complexity index is 1080. The first-order chi connectivity index (χ1) is 16.8. The second-order valence-electron chi connectivity index (χ2n) is 13.4. The van der Waals surface area contributed by atoms with Crippen molar-refractivity contribution in [2.45, 2.75) is 124 Å². The van der Waals surface area contributed by atoms with Crippen molar-refractivity contribution in [2.75, 3.05) is 0 Å². The fourth-order valence-corrected chi connectivity index (χ4v) is 6.20. The van der Waals surface area contributed by atoms with Crippen molar-refractivity contribution in [1.82, 2.24) is 4.98 Å². The van der Waals surface area contributed by atoms with Crippen LogP contribution in [0.2, 0.25) is 36.3 Å². The fourth-order valence-electron chi connectivity index (χ4n) is 3.35. The maximum absolute atomic E-state index is 6.90. The van der Waals surface area contributed by atoms with Crippen molar-refractivity contribution >= 4 is 34.0 Å². The molecule has 37 heavy (non-hydrogen) atoms. The van der Waals surface area contributed by atoms with Gasteiger partial charge in [-0.25, -0.2) is 4.98 Å². The highest BCUT2D eigenvalue weighted by Crippen LogP contribution is 2.39. The molecule has 0 amide bonds. The summed E-state index contributed by atoms with van der Waals surface area (Å²) in [5, 5.41) is 3.55. The summed E-state index contributed by atoms with van der Waals surface area (Å²) in [4.78, 5) is 4.64. The SMILES string of the molecule is C/C(=C\C[C@H](O[Si](C)(C)C(C)(C)C)/C(C)=C/c1csc(C)n1)Cc1ccc(CO[Si](C)(C)C(C)(C)C)o1. The summed E-state index contributed by atoms with van der Waals surface area (Å²) in [7, 11) is -3.74. The van der Waals surface area contributed by atoms with Crippen molar-refractivity contribution in [1.29, 1.82) is 0 Å². The highest BCUT2D eigenvalue weighted by atomic mass is 32.1. The van der Waals surface area contributed by atoms with E-state index in [-0.39, 0.29) is 16.2 Å². The highest BCUT2D eigenvalue weighted by Gasteiger charge is 2.39. The van der Waals surface area contributed by atoms with Gasteiger partial charge in [-0.05, 0) is 87.2 Å². The molecule has 7 heteroatoms. The lowest BCUT2D eigenvalue weighted by Crippen LogP contribution is -2.44. The first-order valence-corrected chi connectivity index (χ1v) is 20.2. The maximum Gasteiger partial charge on any atom is 0.192 e. The molecule has 0 aliphatic heterocycles. The summed E-state index contributed by atoms with van der Waals surface area (Å²) in [6.07, 6.45) is 6.16. The molecule has 0 aromatic carbocycles. The van der Waals surface area contributed by atoms with Gasteiger partial charge in [0.05, 0.1) is 23.4 Å². The van der Waals surface area contributed by atoms with Crippen LogP contribution in [-0.2, 0) is 21.9 Å². The Kier molecular flexibility index (Phi) is 10.6. The highest BCUT2D eigenvalue weighted by molar-refractivity contribution is 7.09. The van der Waals surface area contributed by atoms with Crippen LogP contribution >= 0.6 is 11.3 Å². The quantitative estimate of drug-likeness (QED) is 0.202. The third-order valence-corrected chi connectivity index (χ3v) is 17.8. The Labute approximate surface area is 232 Å². The molecule has 2 rings (SSSR count). The summed E-state index contributed by atoms with van der Waals surface area (Å²) >= 11 is 1.69. The molecular formula is C30H51NO3SSi2. The van der Waals surface area contributed by atoms with E-state index in [2.05, 4.69) is 116 Å². The number of rotatable bonds is 11. The molecule has 0 N–H and O–H groups in total. The summed E-state index contributed by atoms with van der Waals surface area (Å²) in [6, 6.07) is 4.14. The zero-order chi connectivity index (χ0) is 28.2. The third kappa shape index (κ3) is 9.46. The molecular weight excluding hydrogens is 511 g/mol. The molecule has 208 valence electrons. The number of hydrogen-bond acceptors (Lipinski definition) is 5. The van der Waals surface area contributed by atoms with Gasteiger partial charge in [0.25, 0.3) is 0 Å². The molecule has 2 heterocycles. The standard InChI is InChI=1S/C30H51NO3SSi2/c1-22(18-26-15-16-27(33-26)20-32-36(10,11)29(4,5)6)14-17-28(34-37(12,13)30(7,8)9)23(2)19-25-21-35-24(3)31-25/h14-16,19,21,28H,17-18,20H2,1-13H3/b22-14+,23-19+/t28-/m0/s1. The summed E-state index contributed by atoms with van der Waals surface area (Å²) in [5.41, 5.74) is 3.53. The average molecular weight is 562 g/mol. The van der Waals surface area contributed by atoms with E-state index in [1.807, 2.05) is 6.92 Å². The molecule has 0 aliphatic rings. The van der Waals surface area contributed by atoms with E-state index in [1.54, 1.807) is 11.3 Å². The van der Waals surface area contributed by atoms with E-state index >= 15 is 0 Å². The number of aromatic nitrogens is 1. The lowest BCUT2D eigenvalue weighted by atomic mass is 10.0. The molecule has 0 fully saturated rings. The van der Waals surface area contributed by atoms with Crippen molar-refractivity contribution < 1.29 is 13.3 Å². The van der Waals surface area contributed by atoms with Crippen molar-refractivity contribution in [3.63, 3.8) is 0 Å². The van der Waals surface area contributed by atoms with Crippen LogP contribution in [0.4, 0.5) is 0 Å². The van der Waals surface area contributed by atoms with Gasteiger partial charge in [0.1, 0.15) is 11.5 Å². The molecule has 0 saturated carbocycles. The predicted molar refractivity (Wildman–Crippen MR) is 165 cm³/mol. The number of allylic oxidation sites excluding steroid dienone is 1. The normalized spacial score (nSPS) is 15.4. The molecule has 0 bridgehead atoms. The molecule has 0 aliphatic carbocycles. The fraction of sp³-hybridized carbons (Fsp3) is 0.633. The van der Waals surface area contributed by atoms with Gasteiger partial charge in [-0.2, -0.15) is 0 Å². The van der Waals surface area contributed by atoms with Gasteiger partial charge < -0.3 is 13.3 Å². The zero-order valence-corrected chi connectivity index (χ0v) is 28.5. The van der Waals surface area contributed by atoms with Crippen LogP contribution in [0.3, 0.4) is 0 Å². The summed E-state index contributed by atoms with van der Waals surface area (Å²) < 4.78 is 19.4. The average Bonchev–Trinajstić information content (AvgIpc) is 3.36. The third-order valence-electron chi connectivity index (χ3n) is 8.00. The number of nitrogens with zero attached hydrogens (tertiary/aromatic N) is 1. The molecule has 0 saturated heterocycles. The van der Waals surface area contributed by atoms with Crippen LogP contribution in [0.15, 0.2) is 39.2 Å². The molecule has 2 aromatic heterocycles. The molecule has 4 nitrogen and oxygen atoms in total. The van der Waals surface area contributed by atoms with Crippen molar-refractivity contribution in [3.8, 4) is 0 Å². The van der Waals surface area contributed by atoms with Gasteiger partial charge in [0.2, 0.25) is 0 Å². The summed E-state index contributed by atoms with van der Waals surface area (Å²) in [5.74, 6) is 1.89. The van der Waals surface area contributed by atoms with Gasteiger partial charge in [0, 0.05) is 11.8 Å². The smallest absolute Gasteiger partial charge is 0.192 e. The second kappa shape index (κ2) is 12.3. The number of furan rings is 1. The largest absolute Gasteiger partial charge is 0.463 e. The van der Waals surface area contributed by atoms with E-state index in [0.717, 1.165) is 35.1 Å². The Morgan fingerprint density at radius 3 is 2.14 bits per heavy atom. The monoisotopic (exact) mass is 561 g/mol. The van der Waals surface area contributed by atoms with Gasteiger partial charge in [-0.3, -0.25) is 0 Å². The van der Waals surface area contributed by atoms with Crippen molar-refractivity contribution in [3.05, 3.63) is 57.0 Å². The number of thiazole rings is 1. The van der Waals surface area contributed by atoms with Crippen LogP contribution in [0.1, 0.15) is 84.0 Å². The summed E-state index contributed by atoms with van der Waals surface area (Å²) in [6.45, 7) is 29.8. The number of aryl methyl sites for hydroxylation is 1. The minimum Gasteiger partial charge on any atom is -0.463 e. The van der Waals surface area contributed by atoms with Crippen LogP contribution in [0, 0.1) is 6.92 Å². The first-order valence-electron chi connectivity index (χ1n) is 13.5. The van der Waals surface area contributed by atoms with Crippen LogP contribution in [0.5, 0.6) is 0 Å². The van der Waals surface area contributed by atoms with E-state index in [9.17, 15) is 0 Å². The molecule has 1 atom stereocenters. The zero-order valence-electron chi connectivity index (χ0n) is 25.7. The molecule has 0 spiro atoms. The number of hydrogen-bond donors (Lipinski definition) is 0. The van der Waals surface area contributed by atoms with Crippen molar-refractivity contribution in [2.24, 2.45) is 0 Å². The first kappa shape index (κ1) is 32.0. The Morgan fingerprint density at radius 2 is 1.59 bits per heavy atom. The van der Waals surface area contributed by atoms with Gasteiger partial charge in [-0.15, -0.1) is 11.3 Å². The van der Waals surface area contributed by atoms with E-state index < -0.39 is 16.6 Å². The maximum atomic E-state index is 6.90. The van der Waals surface area contributed by atoms with Crippen LogP contribution in [0.25, 0.3) is 6.08 Å². The minimum absolute atomic E-state index is 0.0306. The Morgan fingerprint density at radius 1 is 1.00 bits per heavy atom. The molecule has 0 radical (unpaired) electrons. The minimum atomic E-state index is -1.94. The van der Waals surface area contributed by atoms with E-state index in [0.29, 0.717) is 6.61 Å². The van der Waals surface area contributed by atoms with Gasteiger partial charge >= 0.3 is 0 Å².